The minimum absolute atomic E-state index is 0.0995. The first-order chi connectivity index (χ1) is 4.30. The number of hydrogen-bond donors (Lipinski definition) is 2. The third kappa shape index (κ3) is 1.22. The third-order valence-electron chi connectivity index (χ3n) is 0.792. The van der Waals surface area contributed by atoms with Crippen molar-refractivity contribution in [3.8, 4) is 0 Å². The van der Waals surface area contributed by atoms with E-state index in [2.05, 4.69) is 10.3 Å². The van der Waals surface area contributed by atoms with E-state index in [4.69, 9.17) is 5.11 Å². The summed E-state index contributed by atoms with van der Waals surface area (Å²) in [6.07, 6.45) is 4.40. The summed E-state index contributed by atoms with van der Waals surface area (Å²) in [5, 5.41) is 8.27. The normalized spacial score (nSPS) is 15.3. The molecule has 0 saturated carbocycles. The molecule has 0 aromatic heterocycles. The summed E-state index contributed by atoms with van der Waals surface area (Å²) in [4.78, 5) is 14.6. The van der Waals surface area contributed by atoms with Crippen LogP contribution < -0.4 is 5.48 Å². The molecular weight excluding hydrogens is 122 g/mol. The van der Waals surface area contributed by atoms with Crippen LogP contribution in [-0.4, -0.2) is 11.1 Å². The minimum Gasteiger partial charge on any atom is -0.475 e. The summed E-state index contributed by atoms with van der Waals surface area (Å²) >= 11 is 0. The first-order valence-electron chi connectivity index (χ1n) is 2.33. The van der Waals surface area contributed by atoms with Crippen molar-refractivity contribution in [3.63, 3.8) is 0 Å². The second-order valence-corrected chi connectivity index (χ2v) is 1.42. The summed E-state index contributed by atoms with van der Waals surface area (Å²) in [5.41, 5.74) is 2.29. The smallest absolute Gasteiger partial charge is 0.374 e. The topological polar surface area (TPSA) is 58.6 Å². The van der Waals surface area contributed by atoms with Gasteiger partial charge in [-0.15, -0.1) is 0 Å². The molecule has 4 heteroatoms. The Morgan fingerprint density at radius 2 is 2.56 bits per heavy atom. The number of nitrogens with one attached hydrogen (secondary N) is 1. The molecular formula is C5H5NO3. The molecule has 48 valence electrons. The highest BCUT2D eigenvalue weighted by Crippen LogP contribution is 1.98. The highest BCUT2D eigenvalue weighted by atomic mass is 16.7. The minimum atomic E-state index is -1.08. The molecule has 0 aliphatic carbocycles. The van der Waals surface area contributed by atoms with Gasteiger partial charge in [-0.25, -0.2) is 10.3 Å². The molecule has 0 atom stereocenters. The van der Waals surface area contributed by atoms with Crippen LogP contribution in [0.2, 0.25) is 0 Å². The van der Waals surface area contributed by atoms with E-state index >= 15 is 0 Å². The summed E-state index contributed by atoms with van der Waals surface area (Å²) in [5.74, 6) is -1.18. The molecule has 1 rings (SSSR count). The van der Waals surface area contributed by atoms with Crippen LogP contribution in [0.3, 0.4) is 0 Å². The van der Waals surface area contributed by atoms with Gasteiger partial charge in [0.2, 0.25) is 5.76 Å². The summed E-state index contributed by atoms with van der Waals surface area (Å²) in [7, 11) is 0. The monoisotopic (exact) mass is 127 g/mol. The van der Waals surface area contributed by atoms with Crippen LogP contribution in [0.15, 0.2) is 24.1 Å². The standard InChI is InChI=1S/C5H5NO3/c7-5(8)4-2-1-3-6-9-4/h1-3,6H,(H,7,8). The van der Waals surface area contributed by atoms with Crippen LogP contribution in [0.4, 0.5) is 0 Å². The van der Waals surface area contributed by atoms with Gasteiger partial charge in [0.1, 0.15) is 0 Å². The molecule has 0 bridgehead atoms. The lowest BCUT2D eigenvalue weighted by Gasteiger charge is -2.05. The molecule has 9 heavy (non-hydrogen) atoms. The highest BCUT2D eigenvalue weighted by Gasteiger charge is 2.08. The predicted molar refractivity (Wildman–Crippen MR) is 29.1 cm³/mol. The number of carbonyl (C=O) groups is 1. The van der Waals surface area contributed by atoms with Gasteiger partial charge in [0, 0.05) is 6.20 Å². The molecule has 0 amide bonds. The second kappa shape index (κ2) is 2.21. The fourth-order valence-corrected chi connectivity index (χ4v) is 0.421. The molecule has 1 heterocycles. The maximum atomic E-state index is 10.1. The molecule has 0 aromatic carbocycles. The number of hydrogen-bond acceptors (Lipinski definition) is 3. The molecule has 0 radical (unpaired) electrons. The Kier molecular flexibility index (Phi) is 1.40. The van der Waals surface area contributed by atoms with Crippen LogP contribution in [0.25, 0.3) is 0 Å². The van der Waals surface area contributed by atoms with Crippen molar-refractivity contribution < 1.29 is 14.7 Å². The summed E-state index contributed by atoms with van der Waals surface area (Å²) in [6, 6.07) is 0. The Labute approximate surface area is 51.4 Å². The lowest BCUT2D eigenvalue weighted by molar-refractivity contribution is -0.137. The summed E-state index contributed by atoms with van der Waals surface area (Å²) < 4.78 is 0. The molecule has 0 spiro atoms. The van der Waals surface area contributed by atoms with Crippen LogP contribution >= 0.6 is 0 Å². The lowest BCUT2D eigenvalue weighted by Crippen LogP contribution is -2.15. The van der Waals surface area contributed by atoms with E-state index in [0.29, 0.717) is 0 Å². The van der Waals surface area contributed by atoms with Crippen LogP contribution in [0.1, 0.15) is 0 Å². The molecule has 4 nitrogen and oxygen atoms in total. The van der Waals surface area contributed by atoms with Crippen molar-refractivity contribution in [2.45, 2.75) is 0 Å². The Hall–Kier alpha value is -1.45. The van der Waals surface area contributed by atoms with Crippen molar-refractivity contribution in [3.05, 3.63) is 24.1 Å². The average Bonchev–Trinajstić information content (AvgIpc) is 1.90. The van der Waals surface area contributed by atoms with Crippen molar-refractivity contribution in [1.29, 1.82) is 0 Å². The zero-order valence-electron chi connectivity index (χ0n) is 4.50. The number of aliphatic carboxylic acids is 1. The largest absolute Gasteiger partial charge is 0.475 e. The summed E-state index contributed by atoms with van der Waals surface area (Å²) in [6.45, 7) is 0. The lowest BCUT2D eigenvalue weighted by atomic mass is 10.4. The van der Waals surface area contributed by atoms with Crippen molar-refractivity contribution in [2.75, 3.05) is 0 Å². The number of rotatable bonds is 1. The van der Waals surface area contributed by atoms with Crippen LogP contribution in [-0.2, 0) is 9.63 Å². The fourth-order valence-electron chi connectivity index (χ4n) is 0.421. The Bertz CT molecular complexity index is 183. The fraction of sp³-hybridized carbons (Fsp3) is 0. The van der Waals surface area contributed by atoms with Gasteiger partial charge in [-0.3, -0.25) is 0 Å². The van der Waals surface area contributed by atoms with E-state index in [-0.39, 0.29) is 5.76 Å². The van der Waals surface area contributed by atoms with Crippen molar-refractivity contribution in [1.82, 2.24) is 5.48 Å². The number of allylic oxidation sites excluding steroid dienone is 2. The van der Waals surface area contributed by atoms with E-state index in [1.54, 1.807) is 6.08 Å². The highest BCUT2D eigenvalue weighted by molar-refractivity contribution is 5.84. The quantitative estimate of drug-likeness (QED) is 0.520. The third-order valence-corrected chi connectivity index (χ3v) is 0.792. The molecule has 0 aromatic rings. The molecule has 0 fully saturated rings. The first-order valence-corrected chi connectivity index (χ1v) is 2.33. The van der Waals surface area contributed by atoms with Gasteiger partial charge in [-0.1, -0.05) is 0 Å². The van der Waals surface area contributed by atoms with Gasteiger partial charge in [-0.05, 0) is 12.2 Å². The maximum Gasteiger partial charge on any atom is 0.374 e. The molecule has 2 N–H and O–H groups in total. The second-order valence-electron chi connectivity index (χ2n) is 1.42. The van der Waals surface area contributed by atoms with Gasteiger partial charge in [0.25, 0.3) is 0 Å². The average molecular weight is 127 g/mol. The molecule has 1 aliphatic rings. The van der Waals surface area contributed by atoms with Gasteiger partial charge >= 0.3 is 5.97 Å². The van der Waals surface area contributed by atoms with E-state index in [9.17, 15) is 4.79 Å². The van der Waals surface area contributed by atoms with E-state index in [1.165, 1.54) is 12.3 Å². The van der Waals surface area contributed by atoms with Crippen molar-refractivity contribution >= 4 is 5.97 Å². The van der Waals surface area contributed by atoms with Gasteiger partial charge in [-0.2, -0.15) is 0 Å². The predicted octanol–water partition coefficient (Wildman–Crippen LogP) is 0.00340. The number of carboxylic acid groups (broad SMARTS) is 1. The van der Waals surface area contributed by atoms with Gasteiger partial charge < -0.3 is 9.94 Å². The number of hydroxylamine groups is 1. The SMILES string of the molecule is O=C(O)C1=CC=CNO1. The Morgan fingerprint density at radius 1 is 1.78 bits per heavy atom. The van der Waals surface area contributed by atoms with Gasteiger partial charge in [0.15, 0.2) is 0 Å². The van der Waals surface area contributed by atoms with E-state index < -0.39 is 5.97 Å². The van der Waals surface area contributed by atoms with E-state index in [1.807, 2.05) is 0 Å². The van der Waals surface area contributed by atoms with Gasteiger partial charge in [0.05, 0.1) is 0 Å². The zero-order chi connectivity index (χ0) is 6.69. The van der Waals surface area contributed by atoms with Crippen LogP contribution in [0.5, 0.6) is 0 Å². The Balaban J connectivity index is 2.68. The number of carboxylic acids is 1. The first kappa shape index (κ1) is 5.68. The molecule has 0 unspecified atom stereocenters. The van der Waals surface area contributed by atoms with E-state index in [0.717, 1.165) is 0 Å². The van der Waals surface area contributed by atoms with Crippen molar-refractivity contribution in [2.24, 2.45) is 0 Å². The maximum absolute atomic E-state index is 10.1. The Morgan fingerprint density at radius 3 is 2.89 bits per heavy atom. The zero-order valence-corrected chi connectivity index (χ0v) is 4.50. The molecule has 0 saturated heterocycles. The van der Waals surface area contributed by atoms with Crippen LogP contribution in [0, 0.1) is 0 Å². The molecule has 1 aliphatic heterocycles.